The highest BCUT2D eigenvalue weighted by atomic mass is 32.2. The maximum absolute atomic E-state index is 11.8. The van der Waals surface area contributed by atoms with Crippen LogP contribution < -0.4 is 10.5 Å². The molecule has 1 aromatic rings. The van der Waals surface area contributed by atoms with Gasteiger partial charge < -0.3 is 5.32 Å². The van der Waals surface area contributed by atoms with E-state index < -0.39 is 10.0 Å². The van der Waals surface area contributed by atoms with Gasteiger partial charge >= 0.3 is 0 Å². The first kappa shape index (κ1) is 16.5. The lowest BCUT2D eigenvalue weighted by Crippen LogP contribution is -2.28. The maximum Gasteiger partial charge on any atom is 0.247 e. The molecule has 1 heterocycles. The maximum atomic E-state index is 11.8. The second-order valence-corrected chi connectivity index (χ2v) is 8.53. The summed E-state index contributed by atoms with van der Waals surface area (Å²) in [5, 5.41) is 7.98. The predicted molar refractivity (Wildman–Crippen MR) is 83.6 cm³/mol. The van der Waals surface area contributed by atoms with Gasteiger partial charge in [-0.25, -0.2) is 13.6 Å². The van der Waals surface area contributed by atoms with Crippen LogP contribution in [-0.2, 0) is 21.2 Å². The topological polar surface area (TPSA) is 89.3 Å². The Bertz CT molecular complexity index is 575. The highest BCUT2D eigenvalue weighted by Gasteiger charge is 2.17. The predicted octanol–water partition coefficient (Wildman–Crippen LogP) is 2.02. The van der Waals surface area contributed by atoms with Crippen molar-refractivity contribution in [3.63, 3.8) is 0 Å². The first-order chi connectivity index (χ1) is 9.95. The molecule has 5 nitrogen and oxygen atoms in total. The lowest BCUT2D eigenvalue weighted by atomic mass is 9.87. The number of carbonyl (C=O) groups is 1. The van der Waals surface area contributed by atoms with E-state index in [1.54, 1.807) is 6.07 Å². The minimum absolute atomic E-state index is 0.102. The van der Waals surface area contributed by atoms with Crippen LogP contribution in [0.3, 0.4) is 0 Å². The molecule has 2 rings (SSSR count). The lowest BCUT2D eigenvalue weighted by Gasteiger charge is -2.20. The van der Waals surface area contributed by atoms with Crippen LogP contribution in [0.25, 0.3) is 0 Å². The van der Waals surface area contributed by atoms with E-state index in [1.165, 1.54) is 25.3 Å². The van der Waals surface area contributed by atoms with Gasteiger partial charge in [-0.05, 0) is 37.3 Å². The van der Waals surface area contributed by atoms with Crippen molar-refractivity contribution in [2.24, 2.45) is 11.1 Å². The molecular weight excluding hydrogens is 308 g/mol. The Hall–Kier alpha value is -0.920. The number of nitrogens with one attached hydrogen (secondary N) is 1. The number of carbonyl (C=O) groups excluding carboxylic acids is 1. The van der Waals surface area contributed by atoms with Crippen molar-refractivity contribution >= 4 is 27.3 Å². The van der Waals surface area contributed by atoms with E-state index in [1.807, 2.05) is 0 Å². The van der Waals surface area contributed by atoms with Crippen LogP contribution in [0.5, 0.6) is 0 Å². The van der Waals surface area contributed by atoms with Crippen molar-refractivity contribution in [2.45, 2.75) is 49.2 Å². The minimum Gasteiger partial charge on any atom is -0.356 e. The van der Waals surface area contributed by atoms with Gasteiger partial charge in [0.1, 0.15) is 4.21 Å². The minimum atomic E-state index is -3.61. The zero-order valence-corrected chi connectivity index (χ0v) is 13.6. The average molecular weight is 330 g/mol. The first-order valence-electron chi connectivity index (χ1n) is 7.33. The molecule has 1 amide bonds. The van der Waals surface area contributed by atoms with E-state index in [2.05, 4.69) is 5.32 Å². The van der Waals surface area contributed by atoms with E-state index >= 15 is 0 Å². The summed E-state index contributed by atoms with van der Waals surface area (Å²) >= 11 is 1.16. The Morgan fingerprint density at radius 3 is 2.62 bits per heavy atom. The van der Waals surface area contributed by atoms with E-state index in [0.29, 0.717) is 25.3 Å². The third-order valence-corrected chi connectivity index (χ3v) is 6.39. The van der Waals surface area contributed by atoms with Gasteiger partial charge in [-0.15, -0.1) is 11.3 Å². The molecule has 3 N–H and O–H groups in total. The molecule has 0 bridgehead atoms. The molecule has 118 valence electrons. The Morgan fingerprint density at radius 2 is 2.00 bits per heavy atom. The van der Waals surface area contributed by atoms with E-state index in [0.717, 1.165) is 29.1 Å². The number of nitrogens with two attached hydrogens (primary N) is 1. The van der Waals surface area contributed by atoms with Crippen molar-refractivity contribution in [1.29, 1.82) is 0 Å². The molecule has 0 aliphatic heterocycles. The fraction of sp³-hybridized carbons (Fsp3) is 0.643. The third kappa shape index (κ3) is 5.41. The summed E-state index contributed by atoms with van der Waals surface area (Å²) in [5.41, 5.74) is 0. The molecule has 1 aliphatic carbocycles. The lowest BCUT2D eigenvalue weighted by molar-refractivity contribution is -0.122. The molecule has 21 heavy (non-hydrogen) atoms. The van der Waals surface area contributed by atoms with Crippen LogP contribution >= 0.6 is 11.3 Å². The van der Waals surface area contributed by atoms with Crippen LogP contribution in [0, 0.1) is 5.92 Å². The molecular formula is C14H22N2O3S2. The fourth-order valence-corrected chi connectivity index (χ4v) is 4.47. The zero-order chi connectivity index (χ0) is 15.3. The summed E-state index contributed by atoms with van der Waals surface area (Å²) in [5.74, 6) is 0.639. The smallest absolute Gasteiger partial charge is 0.247 e. The molecule has 1 fully saturated rings. The molecule has 0 saturated heterocycles. The largest absolute Gasteiger partial charge is 0.356 e. The second kappa shape index (κ2) is 7.38. The number of hydrogen-bond donors (Lipinski definition) is 2. The number of rotatable bonds is 6. The molecule has 7 heteroatoms. The standard InChI is InChI=1S/C14H22N2O3S2/c15-21(18,19)14-7-6-12(20-14)8-9-16-13(17)10-11-4-2-1-3-5-11/h6-7,11H,1-5,8-10H2,(H,16,17)(H2,15,18,19). The van der Waals surface area contributed by atoms with Gasteiger partial charge in [0.15, 0.2) is 0 Å². The molecule has 0 atom stereocenters. The van der Waals surface area contributed by atoms with Crippen molar-refractivity contribution in [3.05, 3.63) is 17.0 Å². The summed E-state index contributed by atoms with van der Waals surface area (Å²) in [6.07, 6.45) is 7.35. The Balaban J connectivity index is 1.71. The van der Waals surface area contributed by atoms with Crippen molar-refractivity contribution < 1.29 is 13.2 Å². The molecule has 0 spiro atoms. The number of primary sulfonamides is 1. The van der Waals surface area contributed by atoms with Gasteiger partial charge in [-0.1, -0.05) is 19.3 Å². The molecule has 1 aliphatic rings. The Labute approximate surface area is 130 Å². The molecule has 0 radical (unpaired) electrons. The quantitative estimate of drug-likeness (QED) is 0.836. The van der Waals surface area contributed by atoms with Gasteiger partial charge in [0.05, 0.1) is 0 Å². The van der Waals surface area contributed by atoms with Crippen LogP contribution in [0.4, 0.5) is 0 Å². The highest BCUT2D eigenvalue weighted by Crippen LogP contribution is 2.26. The SMILES string of the molecule is NS(=O)(=O)c1ccc(CCNC(=O)CC2CCCCC2)s1. The summed E-state index contributed by atoms with van der Waals surface area (Å²) in [6, 6.07) is 3.26. The van der Waals surface area contributed by atoms with Crippen LogP contribution in [0.1, 0.15) is 43.4 Å². The average Bonchev–Trinajstić information content (AvgIpc) is 2.88. The van der Waals surface area contributed by atoms with E-state index in [-0.39, 0.29) is 10.1 Å². The van der Waals surface area contributed by atoms with E-state index in [4.69, 9.17) is 5.14 Å². The Morgan fingerprint density at radius 1 is 1.29 bits per heavy atom. The zero-order valence-electron chi connectivity index (χ0n) is 12.0. The second-order valence-electron chi connectivity index (χ2n) is 5.57. The van der Waals surface area contributed by atoms with Crippen LogP contribution in [0.2, 0.25) is 0 Å². The third-order valence-electron chi connectivity index (χ3n) is 3.81. The van der Waals surface area contributed by atoms with Gasteiger partial charge in [-0.3, -0.25) is 4.79 Å². The fourth-order valence-electron chi connectivity index (χ4n) is 2.70. The normalized spacial score (nSPS) is 16.8. The van der Waals surface area contributed by atoms with Gasteiger partial charge in [0.2, 0.25) is 15.9 Å². The van der Waals surface area contributed by atoms with Crippen molar-refractivity contribution in [3.8, 4) is 0 Å². The monoisotopic (exact) mass is 330 g/mol. The number of thiophene rings is 1. The Kier molecular flexibility index (Phi) is 5.78. The molecule has 1 saturated carbocycles. The van der Waals surface area contributed by atoms with Gasteiger partial charge in [0.25, 0.3) is 0 Å². The molecule has 1 aromatic heterocycles. The number of amides is 1. The van der Waals surface area contributed by atoms with Gasteiger partial charge in [-0.2, -0.15) is 0 Å². The van der Waals surface area contributed by atoms with Crippen LogP contribution in [0.15, 0.2) is 16.3 Å². The summed E-state index contributed by atoms with van der Waals surface area (Å²) in [7, 11) is -3.61. The van der Waals surface area contributed by atoms with Crippen molar-refractivity contribution in [1.82, 2.24) is 5.32 Å². The number of hydrogen-bond acceptors (Lipinski definition) is 4. The molecule has 0 unspecified atom stereocenters. The number of sulfonamides is 1. The highest BCUT2D eigenvalue weighted by molar-refractivity contribution is 7.91. The van der Waals surface area contributed by atoms with Gasteiger partial charge in [0, 0.05) is 17.8 Å². The first-order valence-corrected chi connectivity index (χ1v) is 9.69. The van der Waals surface area contributed by atoms with E-state index in [9.17, 15) is 13.2 Å². The summed E-state index contributed by atoms with van der Waals surface area (Å²) < 4.78 is 22.5. The summed E-state index contributed by atoms with van der Waals surface area (Å²) in [6.45, 7) is 0.538. The summed E-state index contributed by atoms with van der Waals surface area (Å²) in [4.78, 5) is 12.8. The van der Waals surface area contributed by atoms with Crippen LogP contribution in [-0.4, -0.2) is 20.9 Å². The van der Waals surface area contributed by atoms with Crippen molar-refractivity contribution in [2.75, 3.05) is 6.54 Å². The molecule has 0 aromatic carbocycles.